The Hall–Kier alpha value is -5.82. The number of aromatic nitrogens is 2. The minimum Gasteiger partial charge on any atom is -0.457 e. The number of para-hydroxylation sites is 1. The zero-order valence-electron chi connectivity index (χ0n) is 25.2. The van der Waals surface area contributed by atoms with Gasteiger partial charge in [0.05, 0.1) is 16.8 Å². The van der Waals surface area contributed by atoms with Crippen LogP contribution in [0.25, 0.3) is 45.0 Å². The number of hydrogen-bond donors (Lipinski definition) is 2. The standard InChI is InChI=1S/C41H27BN2O3/c45-42(46)29-20-21-31-30-15-7-8-16-32(30)41(35(31)24-29)33-17-9-10-18-38(33)47-39-23-28(19-22-34(39)41)37-25-36(26-11-3-1-4-12-26)43-40(44-37)27-13-5-2-6-14-27/h1-25,45-46H. The molecule has 47 heavy (non-hydrogen) atoms. The molecule has 0 amide bonds. The van der Waals surface area contributed by atoms with Crippen LogP contribution in [-0.2, 0) is 5.41 Å². The third-order valence-corrected chi connectivity index (χ3v) is 9.39. The summed E-state index contributed by atoms with van der Waals surface area (Å²) in [4.78, 5) is 10.0. The Morgan fingerprint density at radius 2 is 1.09 bits per heavy atom. The first-order valence-electron chi connectivity index (χ1n) is 15.6. The number of ether oxygens (including phenoxy) is 1. The molecule has 6 heteroatoms. The maximum absolute atomic E-state index is 10.2. The summed E-state index contributed by atoms with van der Waals surface area (Å²) in [6.07, 6.45) is 0. The summed E-state index contributed by atoms with van der Waals surface area (Å²) >= 11 is 0. The highest BCUT2D eigenvalue weighted by atomic mass is 16.5. The van der Waals surface area contributed by atoms with Gasteiger partial charge in [0.1, 0.15) is 11.5 Å². The predicted molar refractivity (Wildman–Crippen MR) is 186 cm³/mol. The van der Waals surface area contributed by atoms with Crippen molar-refractivity contribution >= 4 is 12.6 Å². The lowest BCUT2D eigenvalue weighted by atomic mass is 9.65. The molecule has 2 heterocycles. The average molecular weight is 606 g/mol. The summed E-state index contributed by atoms with van der Waals surface area (Å²) in [6, 6.07) is 50.8. The second-order valence-electron chi connectivity index (χ2n) is 12.0. The Labute approximate surface area is 272 Å². The molecule has 2 aliphatic rings. The highest BCUT2D eigenvalue weighted by molar-refractivity contribution is 6.58. The summed E-state index contributed by atoms with van der Waals surface area (Å²) < 4.78 is 6.72. The first-order chi connectivity index (χ1) is 23.1. The monoisotopic (exact) mass is 606 g/mol. The molecule has 0 fully saturated rings. The van der Waals surface area contributed by atoms with Crippen LogP contribution in [0.1, 0.15) is 22.3 Å². The molecular formula is C41H27BN2O3. The molecule has 2 N–H and O–H groups in total. The fourth-order valence-corrected chi connectivity index (χ4v) is 7.31. The number of fused-ring (bicyclic) bond motifs is 9. The van der Waals surface area contributed by atoms with Crippen LogP contribution in [0, 0.1) is 0 Å². The van der Waals surface area contributed by atoms with Crippen LogP contribution in [0.4, 0.5) is 0 Å². The number of hydrogen-bond acceptors (Lipinski definition) is 5. The molecule has 1 aliphatic carbocycles. The van der Waals surface area contributed by atoms with Gasteiger partial charge in [0.25, 0.3) is 0 Å². The van der Waals surface area contributed by atoms with Crippen LogP contribution >= 0.6 is 0 Å². The molecular weight excluding hydrogens is 579 g/mol. The predicted octanol–water partition coefficient (Wildman–Crippen LogP) is 7.63. The largest absolute Gasteiger partial charge is 0.488 e. The lowest BCUT2D eigenvalue weighted by molar-refractivity contribution is 0.425. The molecule has 9 rings (SSSR count). The van der Waals surface area contributed by atoms with Gasteiger partial charge in [-0.3, -0.25) is 0 Å². The van der Waals surface area contributed by atoms with Gasteiger partial charge in [-0.1, -0.05) is 133 Å². The fourth-order valence-electron chi connectivity index (χ4n) is 7.31. The van der Waals surface area contributed by atoms with Crippen molar-refractivity contribution in [3.63, 3.8) is 0 Å². The van der Waals surface area contributed by atoms with Gasteiger partial charge in [-0.15, -0.1) is 0 Å². The SMILES string of the molecule is OB(O)c1ccc2c(c1)C1(c3ccccc3Oc3cc(-c4cc(-c5ccccc5)nc(-c5ccccc5)n4)ccc31)c1ccccc1-2. The number of nitrogens with zero attached hydrogens (tertiary/aromatic N) is 2. The van der Waals surface area contributed by atoms with Crippen molar-refractivity contribution < 1.29 is 14.8 Å². The summed E-state index contributed by atoms with van der Waals surface area (Å²) in [7, 11) is -1.59. The molecule has 1 unspecified atom stereocenters. The smallest absolute Gasteiger partial charge is 0.457 e. The summed E-state index contributed by atoms with van der Waals surface area (Å²) in [6.45, 7) is 0. The lowest BCUT2D eigenvalue weighted by Crippen LogP contribution is -2.35. The van der Waals surface area contributed by atoms with Crippen molar-refractivity contribution in [1.29, 1.82) is 0 Å². The van der Waals surface area contributed by atoms with Gasteiger partial charge < -0.3 is 14.8 Å². The van der Waals surface area contributed by atoms with Crippen LogP contribution in [0.15, 0.2) is 152 Å². The molecule has 0 radical (unpaired) electrons. The maximum Gasteiger partial charge on any atom is 0.488 e. The van der Waals surface area contributed by atoms with Gasteiger partial charge in [0, 0.05) is 27.8 Å². The third kappa shape index (κ3) is 4.19. The second kappa shape index (κ2) is 10.6. The summed E-state index contributed by atoms with van der Waals surface area (Å²) in [5, 5.41) is 20.5. The highest BCUT2D eigenvalue weighted by Gasteiger charge is 2.51. The second-order valence-corrected chi connectivity index (χ2v) is 12.0. The third-order valence-electron chi connectivity index (χ3n) is 9.39. The first-order valence-corrected chi connectivity index (χ1v) is 15.6. The molecule has 222 valence electrons. The molecule has 0 saturated heterocycles. The zero-order chi connectivity index (χ0) is 31.5. The van der Waals surface area contributed by atoms with Crippen LogP contribution < -0.4 is 10.2 Å². The minimum atomic E-state index is -1.59. The Bertz CT molecular complexity index is 2270. The van der Waals surface area contributed by atoms with E-state index in [1.807, 2.05) is 84.9 Å². The molecule has 1 atom stereocenters. The van der Waals surface area contributed by atoms with Gasteiger partial charge in [0.2, 0.25) is 0 Å². The Morgan fingerprint density at radius 1 is 0.468 bits per heavy atom. The van der Waals surface area contributed by atoms with E-state index in [1.165, 1.54) is 0 Å². The lowest BCUT2D eigenvalue weighted by Gasteiger charge is -2.39. The molecule has 1 spiro atoms. The Kier molecular flexibility index (Phi) is 6.22. The van der Waals surface area contributed by atoms with Crippen molar-refractivity contribution in [3.8, 4) is 56.5 Å². The normalized spacial score (nSPS) is 15.3. The molecule has 1 aliphatic heterocycles. The van der Waals surface area contributed by atoms with Crippen LogP contribution in [0.5, 0.6) is 11.5 Å². The molecule has 0 saturated carbocycles. The molecule has 7 aromatic rings. The Balaban J connectivity index is 1.29. The van der Waals surface area contributed by atoms with Crippen LogP contribution in [-0.4, -0.2) is 27.1 Å². The van der Waals surface area contributed by atoms with E-state index in [1.54, 1.807) is 6.07 Å². The maximum atomic E-state index is 10.2. The van der Waals surface area contributed by atoms with E-state index >= 15 is 0 Å². The highest BCUT2D eigenvalue weighted by Crippen LogP contribution is 2.62. The molecule has 1 aromatic heterocycles. The van der Waals surface area contributed by atoms with E-state index in [4.69, 9.17) is 14.7 Å². The van der Waals surface area contributed by atoms with E-state index in [0.29, 0.717) is 11.3 Å². The topological polar surface area (TPSA) is 75.5 Å². The molecule has 0 bridgehead atoms. The van der Waals surface area contributed by atoms with Crippen LogP contribution in [0.3, 0.4) is 0 Å². The quantitative estimate of drug-likeness (QED) is 0.202. The van der Waals surface area contributed by atoms with Gasteiger partial charge in [-0.25, -0.2) is 9.97 Å². The van der Waals surface area contributed by atoms with Crippen molar-refractivity contribution in [2.75, 3.05) is 0 Å². The Morgan fingerprint density at radius 3 is 1.85 bits per heavy atom. The van der Waals surface area contributed by atoms with Gasteiger partial charge >= 0.3 is 7.12 Å². The van der Waals surface area contributed by atoms with E-state index in [9.17, 15) is 10.0 Å². The number of rotatable bonds is 4. The average Bonchev–Trinajstić information content (AvgIpc) is 3.42. The van der Waals surface area contributed by atoms with Crippen molar-refractivity contribution in [3.05, 3.63) is 174 Å². The number of benzene rings is 6. The summed E-state index contributed by atoms with van der Waals surface area (Å²) in [5.41, 5.74) is 10.5. The van der Waals surface area contributed by atoms with E-state index in [0.717, 1.165) is 73.0 Å². The van der Waals surface area contributed by atoms with Crippen molar-refractivity contribution in [2.45, 2.75) is 5.41 Å². The van der Waals surface area contributed by atoms with Gasteiger partial charge in [-0.2, -0.15) is 0 Å². The fraction of sp³-hybridized carbons (Fsp3) is 0.0244. The summed E-state index contributed by atoms with van der Waals surface area (Å²) in [5.74, 6) is 2.13. The minimum absolute atomic E-state index is 0.445. The molecule has 6 aromatic carbocycles. The van der Waals surface area contributed by atoms with E-state index in [2.05, 4.69) is 60.7 Å². The van der Waals surface area contributed by atoms with Gasteiger partial charge in [0.15, 0.2) is 5.82 Å². The van der Waals surface area contributed by atoms with E-state index < -0.39 is 12.5 Å². The molecule has 5 nitrogen and oxygen atoms in total. The van der Waals surface area contributed by atoms with Crippen LogP contribution in [0.2, 0.25) is 0 Å². The van der Waals surface area contributed by atoms with E-state index in [-0.39, 0.29) is 0 Å². The van der Waals surface area contributed by atoms with Crippen molar-refractivity contribution in [2.24, 2.45) is 0 Å². The zero-order valence-corrected chi connectivity index (χ0v) is 25.2. The van der Waals surface area contributed by atoms with Crippen molar-refractivity contribution in [1.82, 2.24) is 9.97 Å². The first kappa shape index (κ1) is 27.5. The van der Waals surface area contributed by atoms with Gasteiger partial charge in [-0.05, 0) is 45.9 Å².